The molecule has 0 fully saturated rings. The minimum atomic E-state index is -5.08. The molecule has 248 valence electrons. The number of anilines is 6. The average molecular weight is 671 g/mol. The van der Waals surface area contributed by atoms with E-state index in [1.54, 1.807) is 24.4 Å². The molecule has 0 amide bonds. The van der Waals surface area contributed by atoms with Crippen LogP contribution >= 0.6 is 0 Å². The van der Waals surface area contributed by atoms with Crippen LogP contribution in [0.3, 0.4) is 0 Å². The Morgan fingerprint density at radius 2 is 1.60 bits per heavy atom. The number of carboxylic acid groups (broad SMARTS) is 1. The largest absolute Gasteiger partial charge is 0.490 e. The Balaban J connectivity index is 0.000000644. The van der Waals surface area contributed by atoms with Crippen molar-refractivity contribution in [1.29, 1.82) is 0 Å². The number of carbonyl (C=O) groups is 1. The SMILES string of the molecule is CN(c1ccc2c(c1)nc(Nc1ccc(C(C)(C)C)cc1)n2C)c1ccnc(Nc2cccc(S(N)(=O)=O)c2)n1.O=C(O)C(F)(F)F. The number of hydrogen-bond donors (Lipinski definition) is 4. The maximum absolute atomic E-state index is 11.7. The van der Waals surface area contributed by atoms with Crippen LogP contribution in [0.15, 0.2) is 83.9 Å². The Labute approximate surface area is 269 Å². The second-order valence-corrected chi connectivity index (χ2v) is 13.0. The van der Waals surface area contributed by atoms with Crippen molar-refractivity contribution in [2.75, 3.05) is 22.6 Å². The van der Waals surface area contributed by atoms with E-state index < -0.39 is 22.2 Å². The number of alkyl halides is 3. The number of nitrogens with one attached hydrogen (secondary N) is 2. The molecular weight excluding hydrogens is 637 g/mol. The molecule has 0 aliphatic carbocycles. The molecule has 5 aromatic rings. The Morgan fingerprint density at radius 3 is 2.19 bits per heavy atom. The van der Waals surface area contributed by atoms with Crippen molar-refractivity contribution in [2.24, 2.45) is 12.2 Å². The smallest absolute Gasteiger partial charge is 0.475 e. The van der Waals surface area contributed by atoms with Gasteiger partial charge in [0.1, 0.15) is 5.82 Å². The molecule has 16 heteroatoms. The van der Waals surface area contributed by atoms with Gasteiger partial charge in [-0.05, 0) is 65.6 Å². The second-order valence-electron chi connectivity index (χ2n) is 11.4. The Morgan fingerprint density at radius 1 is 0.936 bits per heavy atom. The highest BCUT2D eigenvalue weighted by Crippen LogP contribution is 2.30. The minimum Gasteiger partial charge on any atom is -0.475 e. The standard InChI is InChI=1S/C29H32N8O2S.C2HF3O2/c1-29(2,3)19-9-11-20(12-10-19)33-28-34-24-18-22(13-14-25(24)37(28)5)36(4)26-15-16-31-27(35-26)32-21-7-6-8-23(17-21)40(30,38)39;3-2(4,5)1(6)7/h6-18H,1-5H3,(H,33,34)(H2,30,38,39)(H,31,32,35);(H,6,7). The van der Waals surface area contributed by atoms with Crippen LogP contribution in [0.1, 0.15) is 26.3 Å². The van der Waals surface area contributed by atoms with Crippen molar-refractivity contribution in [3.63, 3.8) is 0 Å². The lowest BCUT2D eigenvalue weighted by molar-refractivity contribution is -0.192. The second kappa shape index (κ2) is 13.3. The molecular formula is C31H33F3N8O4S. The number of benzene rings is 3. The third-order valence-electron chi connectivity index (χ3n) is 6.90. The molecule has 47 heavy (non-hydrogen) atoms. The molecule has 5 N–H and O–H groups in total. The normalized spacial score (nSPS) is 11.9. The lowest BCUT2D eigenvalue weighted by Gasteiger charge is -2.19. The highest BCUT2D eigenvalue weighted by Gasteiger charge is 2.38. The number of fused-ring (bicyclic) bond motifs is 1. The summed E-state index contributed by atoms with van der Waals surface area (Å²) in [5.41, 5.74) is 5.58. The number of nitrogens with two attached hydrogens (primary N) is 1. The minimum absolute atomic E-state index is 0.00483. The van der Waals surface area contributed by atoms with E-state index in [4.69, 9.17) is 20.0 Å². The zero-order chi connectivity index (χ0) is 34.7. The highest BCUT2D eigenvalue weighted by molar-refractivity contribution is 7.89. The van der Waals surface area contributed by atoms with Crippen LogP contribution in [0.4, 0.5) is 47.9 Å². The zero-order valence-electron chi connectivity index (χ0n) is 26.0. The maximum atomic E-state index is 11.7. The first-order chi connectivity index (χ1) is 21.8. The number of carboxylic acids is 1. The molecule has 0 atom stereocenters. The predicted molar refractivity (Wildman–Crippen MR) is 174 cm³/mol. The van der Waals surface area contributed by atoms with Gasteiger partial charge in [0, 0.05) is 37.4 Å². The van der Waals surface area contributed by atoms with Gasteiger partial charge in [0.15, 0.2) is 0 Å². The summed E-state index contributed by atoms with van der Waals surface area (Å²) in [6.07, 6.45) is -3.45. The van der Waals surface area contributed by atoms with E-state index in [2.05, 4.69) is 65.6 Å². The van der Waals surface area contributed by atoms with Gasteiger partial charge < -0.3 is 25.2 Å². The van der Waals surface area contributed by atoms with Gasteiger partial charge >= 0.3 is 12.1 Å². The van der Waals surface area contributed by atoms with Gasteiger partial charge in [-0.25, -0.2) is 28.3 Å². The fourth-order valence-corrected chi connectivity index (χ4v) is 4.86. The summed E-state index contributed by atoms with van der Waals surface area (Å²) in [6.45, 7) is 6.59. The first-order valence-electron chi connectivity index (χ1n) is 13.9. The van der Waals surface area contributed by atoms with Crippen LogP contribution < -0.4 is 20.7 Å². The van der Waals surface area contributed by atoms with Crippen LogP contribution in [0.2, 0.25) is 0 Å². The molecule has 0 radical (unpaired) electrons. The van der Waals surface area contributed by atoms with Crippen LogP contribution in [0.5, 0.6) is 0 Å². The Hall–Kier alpha value is -5.22. The first-order valence-corrected chi connectivity index (χ1v) is 15.5. The van der Waals surface area contributed by atoms with Crippen molar-refractivity contribution in [3.05, 3.63) is 84.6 Å². The number of aryl methyl sites for hydroxylation is 1. The molecule has 2 aromatic heterocycles. The van der Waals surface area contributed by atoms with Gasteiger partial charge in [-0.15, -0.1) is 0 Å². The summed E-state index contributed by atoms with van der Waals surface area (Å²) in [5.74, 6) is -1.05. The molecule has 0 saturated carbocycles. The Kier molecular flexibility index (Phi) is 9.77. The summed E-state index contributed by atoms with van der Waals surface area (Å²) in [4.78, 5) is 24.5. The average Bonchev–Trinajstić information content (AvgIpc) is 3.30. The van der Waals surface area contributed by atoms with Gasteiger partial charge in [-0.1, -0.05) is 39.0 Å². The van der Waals surface area contributed by atoms with Crippen LogP contribution in [0, 0.1) is 0 Å². The molecule has 12 nitrogen and oxygen atoms in total. The predicted octanol–water partition coefficient (Wildman–Crippen LogP) is 6.20. The third kappa shape index (κ3) is 8.74. The third-order valence-corrected chi connectivity index (χ3v) is 7.82. The number of rotatable bonds is 7. The fraction of sp³-hybridized carbons (Fsp3) is 0.226. The topological polar surface area (TPSA) is 168 Å². The lowest BCUT2D eigenvalue weighted by atomic mass is 9.87. The quantitative estimate of drug-likeness (QED) is 0.157. The number of nitrogens with zero attached hydrogens (tertiary/aromatic N) is 5. The summed E-state index contributed by atoms with van der Waals surface area (Å²) in [6, 6.07) is 22.5. The first kappa shape index (κ1) is 34.6. The number of primary sulfonamides is 1. The van der Waals surface area contributed by atoms with E-state index in [1.807, 2.05) is 41.8 Å². The Bertz CT molecular complexity index is 2010. The van der Waals surface area contributed by atoms with Crippen LogP contribution in [-0.4, -0.2) is 52.2 Å². The number of aromatic nitrogens is 4. The molecule has 0 bridgehead atoms. The van der Waals surface area contributed by atoms with Crippen molar-refractivity contribution in [3.8, 4) is 0 Å². The van der Waals surface area contributed by atoms with Gasteiger partial charge in [0.25, 0.3) is 0 Å². The van der Waals surface area contributed by atoms with Crippen LogP contribution in [-0.2, 0) is 27.3 Å². The fourth-order valence-electron chi connectivity index (χ4n) is 4.30. The monoisotopic (exact) mass is 670 g/mol. The van der Waals surface area contributed by atoms with E-state index in [0.717, 1.165) is 28.4 Å². The van der Waals surface area contributed by atoms with Gasteiger partial charge in [-0.2, -0.15) is 18.2 Å². The van der Waals surface area contributed by atoms with Gasteiger partial charge in [0.2, 0.25) is 21.9 Å². The molecule has 0 spiro atoms. The van der Waals surface area contributed by atoms with Gasteiger partial charge in [-0.3, -0.25) is 0 Å². The number of sulfonamides is 1. The highest BCUT2D eigenvalue weighted by atomic mass is 32.2. The molecule has 0 aliphatic rings. The number of halogens is 3. The van der Waals surface area contributed by atoms with E-state index in [9.17, 15) is 21.6 Å². The summed E-state index contributed by atoms with van der Waals surface area (Å²) >= 11 is 0. The number of imidazole rings is 1. The summed E-state index contributed by atoms with van der Waals surface area (Å²) < 4.78 is 57.1. The van der Waals surface area contributed by atoms with E-state index in [0.29, 0.717) is 17.5 Å². The maximum Gasteiger partial charge on any atom is 0.490 e. The van der Waals surface area contributed by atoms with Crippen molar-refractivity contribution in [2.45, 2.75) is 37.3 Å². The number of hydrogen-bond acceptors (Lipinski definition) is 9. The van der Waals surface area contributed by atoms with E-state index in [1.165, 1.54) is 17.7 Å². The molecule has 0 saturated heterocycles. The molecule has 2 heterocycles. The van der Waals surface area contributed by atoms with Gasteiger partial charge in [0.05, 0.1) is 15.9 Å². The molecule has 0 aliphatic heterocycles. The van der Waals surface area contributed by atoms with E-state index >= 15 is 0 Å². The summed E-state index contributed by atoms with van der Waals surface area (Å²) in [5, 5.41) is 18.9. The van der Waals surface area contributed by atoms with Crippen molar-refractivity contribution in [1.82, 2.24) is 19.5 Å². The molecule has 5 rings (SSSR count). The van der Waals surface area contributed by atoms with Crippen LogP contribution in [0.25, 0.3) is 11.0 Å². The lowest BCUT2D eigenvalue weighted by Crippen LogP contribution is -2.21. The van der Waals surface area contributed by atoms with Crippen molar-refractivity contribution < 1.29 is 31.5 Å². The number of aliphatic carboxylic acids is 1. The van der Waals surface area contributed by atoms with Crippen molar-refractivity contribution >= 4 is 61.8 Å². The molecule has 0 unspecified atom stereocenters. The molecule has 3 aromatic carbocycles. The zero-order valence-corrected chi connectivity index (χ0v) is 26.8. The van der Waals surface area contributed by atoms with E-state index in [-0.39, 0.29) is 10.3 Å². The summed E-state index contributed by atoms with van der Waals surface area (Å²) in [7, 11) is 0.0735.